The Morgan fingerprint density at radius 1 is 0.950 bits per heavy atom. The summed E-state index contributed by atoms with van der Waals surface area (Å²) in [4.78, 5) is 41.3. The topological polar surface area (TPSA) is 143 Å². The van der Waals surface area contributed by atoms with Crippen LogP contribution in [0.5, 0.6) is 5.75 Å². The molecule has 2 aliphatic heterocycles. The highest BCUT2D eigenvalue weighted by atomic mass is 16.5. The van der Waals surface area contributed by atoms with E-state index in [1.165, 1.54) is 0 Å². The predicted octanol–water partition coefficient (Wildman–Crippen LogP) is 3.04. The van der Waals surface area contributed by atoms with Gasteiger partial charge in [0.1, 0.15) is 5.75 Å². The van der Waals surface area contributed by atoms with Crippen LogP contribution in [-0.4, -0.2) is 79.5 Å². The fraction of sp³-hybridized carbons (Fsp3) is 0.345. The number of nitrogens with one attached hydrogen (secondary N) is 3. The standard InChI is InChI=1S/C29H35N5O6/c1-18-24(27(35)36)26(25(28(37)38)19(2)31-18)20-7-6-8-21(17-20)32-29(39)30-11-12-33-13-15-34(16-14-33)22-9-4-5-10-23(22)40-3/h4-10,17,26,31H,11-16H2,1-3H3,(H,35,36)(H,37,38)(H2,30,32,39). The van der Waals surface area contributed by atoms with Gasteiger partial charge in [-0.05, 0) is 43.7 Å². The van der Waals surface area contributed by atoms with Crippen LogP contribution in [-0.2, 0) is 9.59 Å². The molecule has 0 spiro atoms. The Morgan fingerprint density at radius 3 is 2.23 bits per heavy atom. The lowest BCUT2D eigenvalue weighted by molar-refractivity contribution is -0.133. The number of amides is 2. The van der Waals surface area contributed by atoms with Gasteiger partial charge in [0, 0.05) is 56.4 Å². The number of para-hydroxylation sites is 2. The van der Waals surface area contributed by atoms with Crippen molar-refractivity contribution in [2.75, 3.05) is 56.6 Å². The van der Waals surface area contributed by atoms with Crippen molar-refractivity contribution in [3.63, 3.8) is 0 Å². The number of hydrogen-bond acceptors (Lipinski definition) is 7. The first-order chi connectivity index (χ1) is 19.2. The molecule has 0 radical (unpaired) electrons. The van der Waals surface area contributed by atoms with E-state index in [1.807, 2.05) is 18.2 Å². The number of piperazine rings is 1. The lowest BCUT2D eigenvalue weighted by atomic mass is 9.80. The van der Waals surface area contributed by atoms with Crippen LogP contribution in [0, 0.1) is 0 Å². The molecular formula is C29H35N5O6. The van der Waals surface area contributed by atoms with E-state index < -0.39 is 23.9 Å². The Morgan fingerprint density at radius 2 is 1.60 bits per heavy atom. The van der Waals surface area contributed by atoms with Crippen LogP contribution in [0.4, 0.5) is 16.2 Å². The summed E-state index contributed by atoms with van der Waals surface area (Å²) in [6, 6.07) is 14.2. The largest absolute Gasteiger partial charge is 0.495 e. The van der Waals surface area contributed by atoms with Gasteiger partial charge in [-0.15, -0.1) is 0 Å². The third-order valence-electron chi connectivity index (χ3n) is 7.21. The normalized spacial score (nSPS) is 16.4. The fourth-order valence-corrected chi connectivity index (χ4v) is 5.30. The van der Waals surface area contributed by atoms with Gasteiger partial charge in [-0.3, -0.25) is 4.90 Å². The third-order valence-corrected chi connectivity index (χ3v) is 7.21. The number of rotatable bonds is 9. The van der Waals surface area contributed by atoms with Gasteiger partial charge in [-0.1, -0.05) is 24.3 Å². The summed E-state index contributed by atoms with van der Waals surface area (Å²) in [6.07, 6.45) is 0. The molecule has 2 aromatic rings. The number of nitrogens with zero attached hydrogens (tertiary/aromatic N) is 2. The molecule has 0 aliphatic carbocycles. The zero-order valence-corrected chi connectivity index (χ0v) is 22.9. The lowest BCUT2D eigenvalue weighted by Gasteiger charge is -2.36. The van der Waals surface area contributed by atoms with Crippen molar-refractivity contribution < 1.29 is 29.3 Å². The van der Waals surface area contributed by atoms with E-state index in [9.17, 15) is 24.6 Å². The van der Waals surface area contributed by atoms with Gasteiger partial charge in [0.05, 0.1) is 29.9 Å². The van der Waals surface area contributed by atoms with Crippen molar-refractivity contribution in [3.05, 3.63) is 76.6 Å². The Balaban J connectivity index is 1.33. The van der Waals surface area contributed by atoms with Gasteiger partial charge in [0.25, 0.3) is 0 Å². The van der Waals surface area contributed by atoms with Crippen molar-refractivity contribution in [2.45, 2.75) is 19.8 Å². The molecule has 0 aromatic heterocycles. The van der Waals surface area contributed by atoms with Crippen molar-refractivity contribution in [1.29, 1.82) is 0 Å². The van der Waals surface area contributed by atoms with E-state index in [0.29, 0.717) is 35.7 Å². The number of allylic oxidation sites excluding steroid dienone is 2. The molecule has 11 nitrogen and oxygen atoms in total. The smallest absolute Gasteiger partial charge is 0.334 e. The maximum absolute atomic E-state index is 12.6. The second-order valence-electron chi connectivity index (χ2n) is 9.75. The summed E-state index contributed by atoms with van der Waals surface area (Å²) < 4.78 is 5.48. The van der Waals surface area contributed by atoms with Crippen LogP contribution in [0.25, 0.3) is 0 Å². The van der Waals surface area contributed by atoms with Crippen molar-refractivity contribution >= 4 is 29.3 Å². The molecule has 11 heteroatoms. The molecule has 40 heavy (non-hydrogen) atoms. The molecule has 2 aliphatic rings. The van der Waals surface area contributed by atoms with E-state index in [2.05, 4.69) is 31.8 Å². The second kappa shape index (κ2) is 12.6. The van der Waals surface area contributed by atoms with Crippen molar-refractivity contribution in [2.24, 2.45) is 0 Å². The molecule has 2 amide bonds. The van der Waals surface area contributed by atoms with Crippen LogP contribution < -0.4 is 25.6 Å². The molecule has 1 saturated heterocycles. The first kappa shape index (κ1) is 28.5. The second-order valence-corrected chi connectivity index (χ2v) is 9.75. The highest BCUT2D eigenvalue weighted by molar-refractivity contribution is 5.98. The number of carbonyl (C=O) groups excluding carboxylic acids is 1. The molecule has 1 fully saturated rings. The Hall–Kier alpha value is -4.51. The minimum atomic E-state index is -1.21. The van der Waals surface area contributed by atoms with Crippen molar-refractivity contribution in [1.82, 2.24) is 15.5 Å². The summed E-state index contributed by atoms with van der Waals surface area (Å²) in [7, 11) is 1.67. The summed E-state index contributed by atoms with van der Waals surface area (Å²) in [5.74, 6) is -2.55. The predicted molar refractivity (Wildman–Crippen MR) is 152 cm³/mol. The van der Waals surface area contributed by atoms with Gasteiger partial charge in [-0.2, -0.15) is 0 Å². The van der Waals surface area contributed by atoms with E-state index in [4.69, 9.17) is 4.74 Å². The molecule has 2 heterocycles. The van der Waals surface area contributed by atoms with E-state index in [1.54, 1.807) is 45.2 Å². The molecule has 0 atom stereocenters. The number of carbonyl (C=O) groups is 3. The number of anilines is 2. The number of carboxylic acid groups (broad SMARTS) is 2. The van der Waals surface area contributed by atoms with Gasteiger partial charge in [-0.25, -0.2) is 14.4 Å². The van der Waals surface area contributed by atoms with Crippen LogP contribution in [0.3, 0.4) is 0 Å². The van der Waals surface area contributed by atoms with Gasteiger partial charge >= 0.3 is 18.0 Å². The van der Waals surface area contributed by atoms with Crippen LogP contribution in [0.15, 0.2) is 71.1 Å². The summed E-state index contributed by atoms with van der Waals surface area (Å²) in [5.41, 5.74) is 2.63. The monoisotopic (exact) mass is 549 g/mol. The first-order valence-corrected chi connectivity index (χ1v) is 13.1. The molecule has 5 N–H and O–H groups in total. The molecule has 0 bridgehead atoms. The van der Waals surface area contributed by atoms with Crippen LogP contribution in [0.1, 0.15) is 25.3 Å². The fourth-order valence-electron chi connectivity index (χ4n) is 5.30. The molecular weight excluding hydrogens is 514 g/mol. The molecule has 4 rings (SSSR count). The van der Waals surface area contributed by atoms with Gasteiger partial charge in [0.2, 0.25) is 0 Å². The minimum absolute atomic E-state index is 0.0459. The summed E-state index contributed by atoms with van der Waals surface area (Å²) in [6.45, 7) is 7.78. The van der Waals surface area contributed by atoms with E-state index >= 15 is 0 Å². The number of benzene rings is 2. The molecule has 0 unspecified atom stereocenters. The molecule has 0 saturated carbocycles. The van der Waals surface area contributed by atoms with Crippen molar-refractivity contribution in [3.8, 4) is 5.75 Å². The molecule has 2 aromatic carbocycles. The maximum Gasteiger partial charge on any atom is 0.334 e. The highest BCUT2D eigenvalue weighted by Gasteiger charge is 2.36. The number of carboxylic acids is 2. The zero-order valence-electron chi connectivity index (χ0n) is 22.9. The SMILES string of the molecule is COc1ccccc1N1CCN(CCNC(=O)Nc2cccc(C3C(C(=O)O)=C(C)NC(C)=C3C(=O)O)c2)CC1. The highest BCUT2D eigenvalue weighted by Crippen LogP contribution is 2.39. The number of hydrogen-bond donors (Lipinski definition) is 5. The number of methoxy groups -OCH3 is 1. The number of dihydropyridines is 1. The van der Waals surface area contributed by atoms with Crippen LogP contribution >= 0.6 is 0 Å². The summed E-state index contributed by atoms with van der Waals surface area (Å²) in [5, 5.41) is 28.2. The number of ether oxygens (including phenoxy) is 1. The maximum atomic E-state index is 12.6. The Kier molecular flexibility index (Phi) is 8.95. The van der Waals surface area contributed by atoms with E-state index in [0.717, 1.165) is 37.6 Å². The first-order valence-electron chi connectivity index (χ1n) is 13.1. The Labute approximate surface area is 233 Å². The third kappa shape index (κ3) is 6.37. The number of urea groups is 1. The average molecular weight is 550 g/mol. The van der Waals surface area contributed by atoms with E-state index in [-0.39, 0.29) is 11.1 Å². The quantitative estimate of drug-likeness (QED) is 0.319. The minimum Gasteiger partial charge on any atom is -0.495 e. The lowest BCUT2D eigenvalue weighted by Crippen LogP contribution is -2.48. The average Bonchev–Trinajstić information content (AvgIpc) is 2.92. The van der Waals surface area contributed by atoms with Gasteiger partial charge < -0.3 is 35.8 Å². The molecule has 212 valence electrons. The summed E-state index contributed by atoms with van der Waals surface area (Å²) >= 11 is 0. The van der Waals surface area contributed by atoms with Crippen LogP contribution in [0.2, 0.25) is 0 Å². The van der Waals surface area contributed by atoms with Gasteiger partial charge in [0.15, 0.2) is 0 Å². The number of aliphatic carboxylic acids is 2. The Bertz CT molecular complexity index is 1310. The zero-order chi connectivity index (χ0) is 28.8.